The Morgan fingerprint density at radius 2 is 1.81 bits per heavy atom. The fraction of sp³-hybridized carbons (Fsp3) is 0.458. The van der Waals surface area contributed by atoms with Crippen molar-refractivity contribution in [2.24, 2.45) is 0 Å². The number of carbonyl (C=O) groups excluding carboxylic acids is 1. The van der Waals surface area contributed by atoms with E-state index in [1.54, 1.807) is 6.07 Å². The number of piperazine rings is 1. The van der Waals surface area contributed by atoms with Crippen molar-refractivity contribution < 1.29 is 24.3 Å². The maximum absolute atomic E-state index is 13.2. The zero-order chi connectivity index (χ0) is 21.2. The van der Waals surface area contributed by atoms with Crippen molar-refractivity contribution in [2.45, 2.75) is 18.9 Å². The number of para-hydroxylation sites is 2. The highest BCUT2D eigenvalue weighted by molar-refractivity contribution is 5.78. The van der Waals surface area contributed by atoms with Gasteiger partial charge in [0.2, 0.25) is 0 Å². The molecule has 7 nitrogen and oxygen atoms in total. The second kappa shape index (κ2) is 8.67. The number of ether oxygens (including phenoxy) is 2. The fourth-order valence-electron chi connectivity index (χ4n) is 4.97. The standard InChI is InChI=1S/C24H29N3O4/c28-21-6-2-1-4-20(21)26-12-10-25(11-13-26)17-24(29)27-9-3-5-19(27)18-7-8-22-23(16-18)31-15-14-30-22/h1-2,4,6-8,16,19,28H,3,5,9-15,17H2/p+1/t19-/m1/s1. The SMILES string of the molecule is O=C(C[NH+]1CCN(c2ccccc2O)CC1)N1CCC[C@@H]1c1ccc2c(c1)OCCO2. The van der Waals surface area contributed by atoms with E-state index >= 15 is 0 Å². The number of amides is 1. The van der Waals surface area contributed by atoms with Crippen LogP contribution in [0.15, 0.2) is 42.5 Å². The molecule has 1 amide bonds. The number of nitrogens with one attached hydrogen (secondary N) is 1. The van der Waals surface area contributed by atoms with Crippen molar-refractivity contribution >= 4 is 11.6 Å². The molecule has 1 atom stereocenters. The third-order valence-electron chi connectivity index (χ3n) is 6.62. The summed E-state index contributed by atoms with van der Waals surface area (Å²) in [6.07, 6.45) is 2.02. The van der Waals surface area contributed by atoms with Crippen LogP contribution in [0.5, 0.6) is 17.2 Å². The van der Waals surface area contributed by atoms with Gasteiger partial charge in [0.1, 0.15) is 19.0 Å². The molecule has 5 rings (SSSR count). The van der Waals surface area contributed by atoms with Crippen LogP contribution in [0.2, 0.25) is 0 Å². The first-order valence-electron chi connectivity index (χ1n) is 11.2. The maximum atomic E-state index is 13.2. The fourth-order valence-corrected chi connectivity index (χ4v) is 4.97. The van der Waals surface area contributed by atoms with Gasteiger partial charge in [-0.1, -0.05) is 18.2 Å². The minimum Gasteiger partial charge on any atom is -0.506 e. The topological polar surface area (TPSA) is 66.7 Å². The van der Waals surface area contributed by atoms with Crippen molar-refractivity contribution in [2.75, 3.05) is 57.4 Å². The number of carbonyl (C=O) groups is 1. The highest BCUT2D eigenvalue weighted by Gasteiger charge is 2.33. The lowest BCUT2D eigenvalue weighted by Crippen LogP contribution is -3.15. The van der Waals surface area contributed by atoms with E-state index < -0.39 is 0 Å². The van der Waals surface area contributed by atoms with Crippen molar-refractivity contribution in [1.82, 2.24) is 4.90 Å². The van der Waals surface area contributed by atoms with Crippen LogP contribution in [0.1, 0.15) is 24.4 Å². The number of anilines is 1. The molecule has 2 aromatic carbocycles. The Kier molecular flexibility index (Phi) is 5.59. The number of phenolic OH excluding ortho intramolecular Hbond substituents is 1. The molecule has 0 saturated carbocycles. The first-order chi connectivity index (χ1) is 15.2. The largest absolute Gasteiger partial charge is 0.506 e. The predicted octanol–water partition coefficient (Wildman–Crippen LogP) is 1.23. The number of likely N-dealkylation sites (tertiary alicyclic amines) is 1. The van der Waals surface area contributed by atoms with E-state index in [9.17, 15) is 9.90 Å². The van der Waals surface area contributed by atoms with Crippen molar-refractivity contribution in [3.63, 3.8) is 0 Å². The summed E-state index contributed by atoms with van der Waals surface area (Å²) in [5.41, 5.74) is 2.01. The summed E-state index contributed by atoms with van der Waals surface area (Å²) in [5, 5.41) is 10.1. The van der Waals surface area contributed by atoms with E-state index in [4.69, 9.17) is 9.47 Å². The lowest BCUT2D eigenvalue weighted by molar-refractivity contribution is -0.892. The zero-order valence-corrected chi connectivity index (χ0v) is 17.8. The van der Waals surface area contributed by atoms with E-state index in [1.165, 1.54) is 4.90 Å². The molecule has 31 heavy (non-hydrogen) atoms. The predicted molar refractivity (Wildman–Crippen MR) is 117 cm³/mol. The highest BCUT2D eigenvalue weighted by Crippen LogP contribution is 2.38. The van der Waals surface area contributed by atoms with Crippen LogP contribution in [0.4, 0.5) is 5.69 Å². The molecule has 0 bridgehead atoms. The van der Waals surface area contributed by atoms with Crippen LogP contribution in [-0.4, -0.2) is 68.4 Å². The van der Waals surface area contributed by atoms with Crippen LogP contribution >= 0.6 is 0 Å². The average molecular weight is 425 g/mol. The Hall–Kier alpha value is -2.93. The number of nitrogens with zero attached hydrogens (tertiary/aromatic N) is 2. The summed E-state index contributed by atoms with van der Waals surface area (Å²) in [6.45, 7) is 5.95. The number of quaternary nitrogens is 1. The van der Waals surface area contributed by atoms with Crippen LogP contribution in [0, 0.1) is 0 Å². The molecule has 2 saturated heterocycles. The first-order valence-corrected chi connectivity index (χ1v) is 11.2. The van der Waals surface area contributed by atoms with Gasteiger partial charge in [-0.25, -0.2) is 0 Å². The average Bonchev–Trinajstić information content (AvgIpc) is 3.30. The molecule has 2 N–H and O–H groups in total. The van der Waals surface area contributed by atoms with Crippen LogP contribution in [0.3, 0.4) is 0 Å². The molecule has 7 heteroatoms. The van der Waals surface area contributed by atoms with Gasteiger partial charge in [-0.3, -0.25) is 4.79 Å². The molecule has 0 radical (unpaired) electrons. The Morgan fingerprint density at radius 1 is 1.03 bits per heavy atom. The molecule has 0 aliphatic carbocycles. The lowest BCUT2D eigenvalue weighted by Gasteiger charge is -2.35. The summed E-state index contributed by atoms with van der Waals surface area (Å²) in [4.78, 5) is 18.8. The normalized spacial score (nSPS) is 21.4. The number of rotatable bonds is 4. The molecule has 0 unspecified atom stereocenters. The summed E-state index contributed by atoms with van der Waals surface area (Å²) in [6, 6.07) is 13.7. The van der Waals surface area contributed by atoms with Gasteiger partial charge in [-0.2, -0.15) is 0 Å². The van der Waals surface area contributed by atoms with Gasteiger partial charge >= 0.3 is 0 Å². The smallest absolute Gasteiger partial charge is 0.278 e. The molecular weight excluding hydrogens is 394 g/mol. The second-order valence-corrected chi connectivity index (χ2v) is 8.55. The lowest BCUT2D eigenvalue weighted by atomic mass is 10.0. The quantitative estimate of drug-likeness (QED) is 0.773. The van der Waals surface area contributed by atoms with E-state index in [0.717, 1.165) is 68.3 Å². The van der Waals surface area contributed by atoms with Gasteiger partial charge < -0.3 is 29.3 Å². The molecule has 0 spiro atoms. The molecule has 3 aliphatic heterocycles. The molecule has 164 valence electrons. The number of aromatic hydroxyl groups is 1. The third kappa shape index (κ3) is 4.14. The minimum absolute atomic E-state index is 0.116. The van der Waals surface area contributed by atoms with Gasteiger partial charge in [0, 0.05) is 6.54 Å². The van der Waals surface area contributed by atoms with Gasteiger partial charge in [0.25, 0.3) is 5.91 Å². The van der Waals surface area contributed by atoms with Gasteiger partial charge in [-0.05, 0) is 42.7 Å². The first kappa shape index (κ1) is 20.0. The molecule has 2 aromatic rings. The molecule has 0 aromatic heterocycles. The van der Waals surface area contributed by atoms with Crippen molar-refractivity contribution in [3.05, 3.63) is 48.0 Å². The maximum Gasteiger partial charge on any atom is 0.278 e. The molecule has 3 heterocycles. The van der Waals surface area contributed by atoms with E-state index in [-0.39, 0.29) is 11.9 Å². The Balaban J connectivity index is 1.20. The van der Waals surface area contributed by atoms with E-state index in [0.29, 0.717) is 25.5 Å². The molecule has 3 aliphatic rings. The monoisotopic (exact) mass is 424 g/mol. The Morgan fingerprint density at radius 3 is 2.61 bits per heavy atom. The second-order valence-electron chi connectivity index (χ2n) is 8.55. The van der Waals surface area contributed by atoms with E-state index in [2.05, 4.69) is 11.0 Å². The zero-order valence-electron chi connectivity index (χ0n) is 17.8. The summed E-state index contributed by atoms with van der Waals surface area (Å²) in [7, 11) is 0. The van der Waals surface area contributed by atoms with Crippen molar-refractivity contribution in [1.29, 1.82) is 0 Å². The highest BCUT2D eigenvalue weighted by atomic mass is 16.6. The Bertz CT molecular complexity index is 942. The summed E-state index contributed by atoms with van der Waals surface area (Å²) in [5.74, 6) is 2.12. The number of fused-ring (bicyclic) bond motifs is 1. The van der Waals surface area contributed by atoms with Gasteiger partial charge in [0.15, 0.2) is 18.0 Å². The van der Waals surface area contributed by atoms with Gasteiger partial charge in [-0.15, -0.1) is 0 Å². The van der Waals surface area contributed by atoms with E-state index in [1.807, 2.05) is 35.2 Å². The minimum atomic E-state index is 0.116. The number of hydrogen-bond donors (Lipinski definition) is 2. The van der Waals surface area contributed by atoms with Crippen molar-refractivity contribution in [3.8, 4) is 17.2 Å². The number of hydrogen-bond acceptors (Lipinski definition) is 5. The van der Waals surface area contributed by atoms with Crippen LogP contribution < -0.4 is 19.3 Å². The third-order valence-corrected chi connectivity index (χ3v) is 6.62. The molecule has 2 fully saturated rings. The van der Waals surface area contributed by atoms with Crippen LogP contribution in [-0.2, 0) is 4.79 Å². The van der Waals surface area contributed by atoms with Crippen LogP contribution in [0.25, 0.3) is 0 Å². The summed E-state index contributed by atoms with van der Waals surface area (Å²) >= 11 is 0. The van der Waals surface area contributed by atoms with Gasteiger partial charge in [0.05, 0.1) is 37.9 Å². The summed E-state index contributed by atoms with van der Waals surface area (Å²) < 4.78 is 11.4. The number of benzene rings is 2. The Labute approximate surface area is 182 Å². The molecular formula is C24H30N3O4+. The number of phenols is 1.